The second kappa shape index (κ2) is 3.66. The van der Waals surface area contributed by atoms with Gasteiger partial charge in [-0.1, -0.05) is 0 Å². The largest absolute Gasteiger partial charge is 0.326 e. The highest BCUT2D eigenvalue weighted by Gasteiger charge is 2.15. The normalized spacial score (nSPS) is 11.2. The van der Waals surface area contributed by atoms with Gasteiger partial charge in [0.2, 0.25) is 0 Å². The highest BCUT2D eigenvalue weighted by atomic mass is 79.9. The molecule has 0 bridgehead atoms. The van der Waals surface area contributed by atoms with Crippen LogP contribution in [0.1, 0.15) is 0 Å². The van der Waals surface area contributed by atoms with E-state index in [1.807, 2.05) is 30.8 Å². The van der Waals surface area contributed by atoms with Crippen LogP contribution < -0.4 is 0 Å². The van der Waals surface area contributed by atoms with Gasteiger partial charge in [0.1, 0.15) is 10.4 Å². The SMILES string of the molecule is Cn1ncc(-c2nc3ncccc3n2C)c1Br. The standard InChI is InChI=1S/C11H10BrN5/c1-16-8-4-3-5-13-10(8)15-11(16)7-6-14-17(2)9(7)12/h3-6H,1-2H3. The summed E-state index contributed by atoms with van der Waals surface area (Å²) in [7, 11) is 3.86. The maximum atomic E-state index is 4.53. The van der Waals surface area contributed by atoms with Gasteiger partial charge in [0.15, 0.2) is 5.65 Å². The Morgan fingerprint density at radius 1 is 1.29 bits per heavy atom. The minimum atomic E-state index is 0.751. The van der Waals surface area contributed by atoms with Crippen LogP contribution in [0.15, 0.2) is 29.1 Å². The molecule has 5 nitrogen and oxygen atoms in total. The molecule has 0 amide bonds. The van der Waals surface area contributed by atoms with Crippen molar-refractivity contribution in [3.63, 3.8) is 0 Å². The lowest BCUT2D eigenvalue weighted by atomic mass is 10.3. The van der Waals surface area contributed by atoms with Crippen molar-refractivity contribution in [2.75, 3.05) is 0 Å². The first-order chi connectivity index (χ1) is 8.18. The maximum Gasteiger partial charge on any atom is 0.178 e. The summed E-state index contributed by atoms with van der Waals surface area (Å²) in [5.74, 6) is 0.860. The summed E-state index contributed by atoms with van der Waals surface area (Å²) in [5, 5.41) is 4.20. The van der Waals surface area contributed by atoms with Crippen LogP contribution in [0.5, 0.6) is 0 Å². The summed E-state index contributed by atoms with van der Waals surface area (Å²) in [4.78, 5) is 8.78. The zero-order chi connectivity index (χ0) is 12.0. The fourth-order valence-electron chi connectivity index (χ4n) is 1.84. The molecule has 0 aliphatic carbocycles. The number of imidazole rings is 1. The summed E-state index contributed by atoms with van der Waals surface area (Å²) in [6.45, 7) is 0. The molecule has 3 aromatic heterocycles. The van der Waals surface area contributed by atoms with Crippen LogP contribution in [-0.2, 0) is 14.1 Å². The summed E-state index contributed by atoms with van der Waals surface area (Å²) in [5.41, 5.74) is 2.73. The molecule has 0 fully saturated rings. The summed E-state index contributed by atoms with van der Waals surface area (Å²) >= 11 is 3.51. The number of aryl methyl sites for hydroxylation is 2. The van der Waals surface area contributed by atoms with Gasteiger partial charge in [-0.2, -0.15) is 5.10 Å². The van der Waals surface area contributed by atoms with Crippen molar-refractivity contribution in [1.82, 2.24) is 24.3 Å². The van der Waals surface area contributed by atoms with Crippen LogP contribution in [-0.4, -0.2) is 24.3 Å². The van der Waals surface area contributed by atoms with Crippen LogP contribution in [0.3, 0.4) is 0 Å². The van der Waals surface area contributed by atoms with Gasteiger partial charge in [-0.15, -0.1) is 0 Å². The Bertz CT molecular complexity index is 697. The van der Waals surface area contributed by atoms with Gasteiger partial charge in [0.05, 0.1) is 17.3 Å². The van der Waals surface area contributed by atoms with E-state index in [1.165, 1.54) is 0 Å². The Labute approximate surface area is 106 Å². The molecule has 0 aliphatic heterocycles. The molecule has 3 heterocycles. The highest BCUT2D eigenvalue weighted by molar-refractivity contribution is 9.10. The third-order valence-electron chi connectivity index (χ3n) is 2.76. The first-order valence-corrected chi connectivity index (χ1v) is 5.93. The van der Waals surface area contributed by atoms with Gasteiger partial charge < -0.3 is 4.57 Å². The predicted octanol–water partition coefficient (Wildman–Crippen LogP) is 2.13. The van der Waals surface area contributed by atoms with Crippen molar-refractivity contribution in [1.29, 1.82) is 0 Å². The van der Waals surface area contributed by atoms with E-state index in [0.717, 1.165) is 27.2 Å². The number of aromatic nitrogens is 5. The Kier molecular flexibility index (Phi) is 2.25. The lowest BCUT2D eigenvalue weighted by Gasteiger charge is -2.00. The molecule has 0 unspecified atom stereocenters. The third-order valence-corrected chi connectivity index (χ3v) is 3.70. The molecule has 3 rings (SSSR count). The third kappa shape index (κ3) is 1.48. The van der Waals surface area contributed by atoms with Crippen LogP contribution >= 0.6 is 15.9 Å². The molecule has 0 atom stereocenters. The lowest BCUT2D eigenvalue weighted by Crippen LogP contribution is -1.93. The van der Waals surface area contributed by atoms with Crippen molar-refractivity contribution in [3.8, 4) is 11.4 Å². The topological polar surface area (TPSA) is 48.5 Å². The molecule has 0 N–H and O–H groups in total. The van der Waals surface area contributed by atoms with E-state index < -0.39 is 0 Å². The Balaban J connectivity index is 2.31. The van der Waals surface area contributed by atoms with E-state index in [4.69, 9.17) is 0 Å². The van der Waals surface area contributed by atoms with Crippen molar-refractivity contribution in [2.24, 2.45) is 14.1 Å². The average Bonchev–Trinajstić information content (AvgIpc) is 2.83. The lowest BCUT2D eigenvalue weighted by molar-refractivity contribution is 0.749. The number of pyridine rings is 1. The summed E-state index contributed by atoms with van der Waals surface area (Å²) < 4.78 is 4.70. The second-order valence-electron chi connectivity index (χ2n) is 3.81. The molecule has 0 spiro atoms. The van der Waals surface area contributed by atoms with Gasteiger partial charge in [-0.05, 0) is 28.1 Å². The molecule has 6 heteroatoms. The zero-order valence-corrected chi connectivity index (χ0v) is 11.0. The van der Waals surface area contributed by atoms with Crippen LogP contribution in [0.2, 0.25) is 0 Å². The van der Waals surface area contributed by atoms with Crippen molar-refractivity contribution < 1.29 is 0 Å². The number of halogens is 1. The van der Waals surface area contributed by atoms with Gasteiger partial charge in [-0.25, -0.2) is 9.97 Å². The van der Waals surface area contributed by atoms with E-state index in [0.29, 0.717) is 0 Å². The Hall–Kier alpha value is -1.69. The molecule has 86 valence electrons. The van der Waals surface area contributed by atoms with Crippen molar-refractivity contribution >= 4 is 27.1 Å². The van der Waals surface area contributed by atoms with Gasteiger partial charge in [0, 0.05) is 20.3 Å². The van der Waals surface area contributed by atoms with Gasteiger partial charge >= 0.3 is 0 Å². The monoisotopic (exact) mass is 291 g/mol. The van der Waals surface area contributed by atoms with E-state index in [2.05, 4.69) is 31.0 Å². The number of hydrogen-bond donors (Lipinski definition) is 0. The van der Waals surface area contributed by atoms with Crippen LogP contribution in [0.4, 0.5) is 0 Å². The van der Waals surface area contributed by atoms with E-state index in [9.17, 15) is 0 Å². The fraction of sp³-hybridized carbons (Fsp3) is 0.182. The van der Waals surface area contributed by atoms with Crippen LogP contribution in [0, 0.1) is 0 Å². The minimum Gasteiger partial charge on any atom is -0.326 e. The average molecular weight is 292 g/mol. The fourth-order valence-corrected chi connectivity index (χ4v) is 2.21. The first kappa shape index (κ1) is 10.5. The second-order valence-corrected chi connectivity index (χ2v) is 4.56. The quantitative estimate of drug-likeness (QED) is 0.690. The number of rotatable bonds is 1. The van der Waals surface area contributed by atoms with E-state index in [-0.39, 0.29) is 0 Å². The Morgan fingerprint density at radius 2 is 2.12 bits per heavy atom. The molecule has 0 saturated carbocycles. The van der Waals surface area contributed by atoms with Crippen LogP contribution in [0.25, 0.3) is 22.6 Å². The molecule has 17 heavy (non-hydrogen) atoms. The zero-order valence-electron chi connectivity index (χ0n) is 9.42. The maximum absolute atomic E-state index is 4.53. The van der Waals surface area contributed by atoms with Crippen molar-refractivity contribution in [2.45, 2.75) is 0 Å². The van der Waals surface area contributed by atoms with E-state index >= 15 is 0 Å². The van der Waals surface area contributed by atoms with E-state index in [1.54, 1.807) is 17.1 Å². The molecule has 0 radical (unpaired) electrons. The van der Waals surface area contributed by atoms with Gasteiger partial charge in [0.25, 0.3) is 0 Å². The number of fused-ring (bicyclic) bond motifs is 1. The molecular formula is C11H10BrN5. The summed E-state index contributed by atoms with van der Waals surface area (Å²) in [6, 6.07) is 3.91. The summed E-state index contributed by atoms with van der Waals surface area (Å²) in [6.07, 6.45) is 3.54. The Morgan fingerprint density at radius 3 is 2.76 bits per heavy atom. The molecule has 3 aromatic rings. The predicted molar refractivity (Wildman–Crippen MR) is 68.4 cm³/mol. The molecule has 0 aromatic carbocycles. The number of hydrogen-bond acceptors (Lipinski definition) is 3. The number of nitrogens with zero attached hydrogens (tertiary/aromatic N) is 5. The first-order valence-electron chi connectivity index (χ1n) is 5.14. The molecule has 0 aliphatic rings. The molecular weight excluding hydrogens is 282 g/mol. The highest BCUT2D eigenvalue weighted by Crippen LogP contribution is 2.28. The van der Waals surface area contributed by atoms with Crippen molar-refractivity contribution in [3.05, 3.63) is 29.1 Å². The smallest absolute Gasteiger partial charge is 0.178 e. The minimum absolute atomic E-state index is 0.751. The van der Waals surface area contributed by atoms with Gasteiger partial charge in [-0.3, -0.25) is 4.68 Å². The molecule has 0 saturated heterocycles.